The van der Waals surface area contributed by atoms with Gasteiger partial charge in [-0.1, -0.05) is 51.7 Å². The fourth-order valence-electron chi connectivity index (χ4n) is 1.80. The van der Waals surface area contributed by atoms with E-state index in [1.165, 1.54) is 38.5 Å². The van der Waals surface area contributed by atoms with Crippen molar-refractivity contribution < 1.29 is 5.11 Å². The van der Waals surface area contributed by atoms with Crippen LogP contribution >= 0.6 is 0 Å². The van der Waals surface area contributed by atoms with Gasteiger partial charge in [0.15, 0.2) is 0 Å². The molecular formula is C15H30O. The van der Waals surface area contributed by atoms with Crippen molar-refractivity contribution in [1.82, 2.24) is 0 Å². The van der Waals surface area contributed by atoms with Gasteiger partial charge in [-0.05, 0) is 38.5 Å². The molecule has 1 nitrogen and oxygen atoms in total. The molecule has 0 fully saturated rings. The lowest BCUT2D eigenvalue weighted by molar-refractivity contribution is 0.160. The van der Waals surface area contributed by atoms with Crippen LogP contribution in [0.15, 0.2) is 11.6 Å². The van der Waals surface area contributed by atoms with Crippen molar-refractivity contribution in [3.05, 3.63) is 11.6 Å². The van der Waals surface area contributed by atoms with Gasteiger partial charge in [0.1, 0.15) is 0 Å². The van der Waals surface area contributed by atoms with Crippen LogP contribution in [0.2, 0.25) is 0 Å². The Hall–Kier alpha value is -0.300. The molecule has 0 radical (unpaired) electrons. The van der Waals surface area contributed by atoms with E-state index in [1.807, 2.05) is 0 Å². The molecular weight excluding hydrogens is 196 g/mol. The van der Waals surface area contributed by atoms with Gasteiger partial charge in [0.25, 0.3) is 0 Å². The van der Waals surface area contributed by atoms with Crippen molar-refractivity contribution in [3.8, 4) is 0 Å². The third-order valence-corrected chi connectivity index (χ3v) is 3.11. The highest BCUT2D eigenvalue weighted by molar-refractivity contribution is 5.02. The highest BCUT2D eigenvalue weighted by Gasteiger charge is 2.03. The van der Waals surface area contributed by atoms with Crippen LogP contribution in [0.1, 0.15) is 78.6 Å². The van der Waals surface area contributed by atoms with Crippen LogP contribution in [0.4, 0.5) is 0 Å². The van der Waals surface area contributed by atoms with E-state index in [-0.39, 0.29) is 6.10 Å². The van der Waals surface area contributed by atoms with Crippen LogP contribution in [-0.2, 0) is 0 Å². The molecule has 0 amide bonds. The van der Waals surface area contributed by atoms with E-state index in [0.717, 1.165) is 19.3 Å². The summed E-state index contributed by atoms with van der Waals surface area (Å²) in [6.45, 7) is 6.53. The van der Waals surface area contributed by atoms with Crippen molar-refractivity contribution in [3.63, 3.8) is 0 Å². The molecule has 1 unspecified atom stereocenters. The quantitative estimate of drug-likeness (QED) is 0.417. The van der Waals surface area contributed by atoms with E-state index in [0.29, 0.717) is 0 Å². The fourth-order valence-corrected chi connectivity index (χ4v) is 1.80. The predicted molar refractivity (Wildman–Crippen MR) is 72.7 cm³/mol. The standard InChI is InChI=1S/C15H30O/c1-4-7-9-11-14(10-8-5-2)12-13-15(16)6-3/h11,15-16H,4-10,12-13H2,1-3H3. The fraction of sp³-hybridized carbons (Fsp3) is 0.867. The molecule has 0 aromatic rings. The summed E-state index contributed by atoms with van der Waals surface area (Å²) < 4.78 is 0. The van der Waals surface area contributed by atoms with Crippen LogP contribution in [-0.4, -0.2) is 11.2 Å². The van der Waals surface area contributed by atoms with E-state index < -0.39 is 0 Å². The zero-order chi connectivity index (χ0) is 12.2. The van der Waals surface area contributed by atoms with Gasteiger partial charge in [0, 0.05) is 0 Å². The maximum absolute atomic E-state index is 9.58. The number of unbranched alkanes of at least 4 members (excludes halogenated alkanes) is 3. The summed E-state index contributed by atoms with van der Waals surface area (Å²) in [6, 6.07) is 0. The zero-order valence-electron chi connectivity index (χ0n) is 11.5. The van der Waals surface area contributed by atoms with Gasteiger partial charge < -0.3 is 5.11 Å². The molecule has 0 aliphatic heterocycles. The maximum atomic E-state index is 9.58. The van der Waals surface area contributed by atoms with Crippen molar-refractivity contribution in [2.75, 3.05) is 0 Å². The second-order valence-electron chi connectivity index (χ2n) is 4.71. The van der Waals surface area contributed by atoms with Gasteiger partial charge >= 0.3 is 0 Å². The zero-order valence-corrected chi connectivity index (χ0v) is 11.5. The Kier molecular flexibility index (Phi) is 11.0. The number of allylic oxidation sites excluding steroid dienone is 2. The second-order valence-corrected chi connectivity index (χ2v) is 4.71. The molecule has 96 valence electrons. The summed E-state index contributed by atoms with van der Waals surface area (Å²) >= 11 is 0. The topological polar surface area (TPSA) is 20.2 Å². The first-order valence-electron chi connectivity index (χ1n) is 7.10. The molecule has 0 aliphatic rings. The minimum absolute atomic E-state index is 0.101. The summed E-state index contributed by atoms with van der Waals surface area (Å²) in [4.78, 5) is 0. The molecule has 0 rings (SSSR count). The maximum Gasteiger partial charge on any atom is 0.0540 e. The molecule has 0 aromatic carbocycles. The highest BCUT2D eigenvalue weighted by atomic mass is 16.3. The average molecular weight is 226 g/mol. The summed E-state index contributed by atoms with van der Waals surface area (Å²) in [6.07, 6.45) is 12.8. The first-order valence-corrected chi connectivity index (χ1v) is 7.10. The molecule has 1 N–H and O–H groups in total. The molecule has 1 atom stereocenters. The van der Waals surface area contributed by atoms with E-state index in [4.69, 9.17) is 0 Å². The molecule has 0 bridgehead atoms. The Balaban J connectivity index is 3.93. The Labute approximate surface area is 102 Å². The Bertz CT molecular complexity index is 172. The number of aliphatic hydroxyl groups is 1. The number of aliphatic hydroxyl groups excluding tert-OH is 1. The van der Waals surface area contributed by atoms with Crippen LogP contribution in [0.5, 0.6) is 0 Å². The summed E-state index contributed by atoms with van der Waals surface area (Å²) in [7, 11) is 0. The minimum Gasteiger partial charge on any atom is -0.393 e. The summed E-state index contributed by atoms with van der Waals surface area (Å²) in [5.41, 5.74) is 1.57. The van der Waals surface area contributed by atoms with Crippen LogP contribution < -0.4 is 0 Å². The van der Waals surface area contributed by atoms with Gasteiger partial charge in [-0.15, -0.1) is 0 Å². The molecule has 16 heavy (non-hydrogen) atoms. The Morgan fingerprint density at radius 1 is 1.06 bits per heavy atom. The summed E-state index contributed by atoms with van der Waals surface area (Å²) in [5, 5.41) is 9.58. The smallest absolute Gasteiger partial charge is 0.0540 e. The predicted octanol–water partition coefficient (Wildman–Crippen LogP) is 4.84. The van der Waals surface area contributed by atoms with Crippen molar-refractivity contribution in [1.29, 1.82) is 0 Å². The van der Waals surface area contributed by atoms with Crippen molar-refractivity contribution in [2.24, 2.45) is 0 Å². The second kappa shape index (κ2) is 11.2. The van der Waals surface area contributed by atoms with Crippen molar-refractivity contribution >= 4 is 0 Å². The first kappa shape index (κ1) is 15.7. The highest BCUT2D eigenvalue weighted by Crippen LogP contribution is 2.17. The number of hydrogen-bond donors (Lipinski definition) is 1. The van der Waals surface area contributed by atoms with Gasteiger partial charge in [0.05, 0.1) is 6.10 Å². The largest absolute Gasteiger partial charge is 0.393 e. The van der Waals surface area contributed by atoms with E-state index >= 15 is 0 Å². The number of rotatable bonds is 10. The van der Waals surface area contributed by atoms with Crippen LogP contribution in [0, 0.1) is 0 Å². The van der Waals surface area contributed by atoms with Gasteiger partial charge in [-0.2, -0.15) is 0 Å². The molecule has 0 heterocycles. The monoisotopic (exact) mass is 226 g/mol. The van der Waals surface area contributed by atoms with E-state index in [1.54, 1.807) is 5.57 Å². The molecule has 0 saturated carbocycles. The molecule has 0 spiro atoms. The normalized spacial score (nSPS) is 14.1. The van der Waals surface area contributed by atoms with Gasteiger partial charge in [-0.3, -0.25) is 0 Å². The van der Waals surface area contributed by atoms with Crippen LogP contribution in [0.3, 0.4) is 0 Å². The lowest BCUT2D eigenvalue weighted by Crippen LogP contribution is -2.04. The third-order valence-electron chi connectivity index (χ3n) is 3.11. The summed E-state index contributed by atoms with van der Waals surface area (Å²) in [5.74, 6) is 0. The third kappa shape index (κ3) is 8.96. The lowest BCUT2D eigenvalue weighted by atomic mass is 9.99. The van der Waals surface area contributed by atoms with Gasteiger partial charge in [-0.25, -0.2) is 0 Å². The minimum atomic E-state index is -0.101. The average Bonchev–Trinajstić information content (AvgIpc) is 2.31. The Morgan fingerprint density at radius 2 is 1.75 bits per heavy atom. The first-order chi connectivity index (χ1) is 7.74. The van der Waals surface area contributed by atoms with E-state index in [2.05, 4.69) is 26.8 Å². The number of hydrogen-bond acceptors (Lipinski definition) is 1. The lowest BCUT2D eigenvalue weighted by Gasteiger charge is -2.10. The van der Waals surface area contributed by atoms with Gasteiger partial charge in [0.2, 0.25) is 0 Å². The molecule has 0 saturated heterocycles. The van der Waals surface area contributed by atoms with E-state index in [9.17, 15) is 5.11 Å². The Morgan fingerprint density at radius 3 is 2.31 bits per heavy atom. The van der Waals surface area contributed by atoms with Crippen molar-refractivity contribution in [2.45, 2.75) is 84.7 Å². The molecule has 0 aliphatic carbocycles. The molecule has 0 aromatic heterocycles. The van der Waals surface area contributed by atoms with Crippen LogP contribution in [0.25, 0.3) is 0 Å². The molecule has 1 heteroatoms. The SMILES string of the molecule is CCCCC=C(CCCC)CCC(O)CC.